The molecule has 0 spiro atoms. The van der Waals surface area contributed by atoms with Crippen LogP contribution in [0.15, 0.2) is 18.3 Å². The minimum Gasteiger partial charge on any atom is -0.334 e. The number of hydrogen-bond donors (Lipinski definition) is 1. The maximum atomic E-state index is 12.1. The molecule has 2 unspecified atom stereocenters. The molecule has 104 valence electrons. The number of aromatic nitrogens is 1. The van der Waals surface area contributed by atoms with Gasteiger partial charge in [-0.2, -0.15) is 0 Å². The Morgan fingerprint density at radius 2 is 2.26 bits per heavy atom. The minimum absolute atomic E-state index is 0.0416. The Balaban J connectivity index is 1.85. The highest BCUT2D eigenvalue weighted by Crippen LogP contribution is 2.21. The van der Waals surface area contributed by atoms with Gasteiger partial charge in [0.05, 0.1) is 0 Å². The Labute approximate surface area is 115 Å². The molecule has 2 heterocycles. The summed E-state index contributed by atoms with van der Waals surface area (Å²) >= 11 is 0. The van der Waals surface area contributed by atoms with Gasteiger partial charge in [0.2, 0.25) is 0 Å². The third-order valence-electron chi connectivity index (χ3n) is 3.82. The van der Waals surface area contributed by atoms with Gasteiger partial charge in [0, 0.05) is 31.0 Å². The van der Waals surface area contributed by atoms with Crippen LogP contribution in [-0.4, -0.2) is 28.5 Å². The lowest BCUT2D eigenvalue weighted by Crippen LogP contribution is -2.48. The van der Waals surface area contributed by atoms with Crippen LogP contribution < -0.4 is 5.32 Å². The Morgan fingerprint density at radius 3 is 2.89 bits per heavy atom. The second-order valence-electron chi connectivity index (χ2n) is 5.64. The fourth-order valence-electron chi connectivity index (χ4n) is 2.59. The third-order valence-corrected chi connectivity index (χ3v) is 3.82. The van der Waals surface area contributed by atoms with Crippen molar-refractivity contribution in [3.8, 4) is 0 Å². The van der Waals surface area contributed by atoms with Crippen molar-refractivity contribution in [1.29, 1.82) is 0 Å². The van der Waals surface area contributed by atoms with E-state index in [4.69, 9.17) is 0 Å². The van der Waals surface area contributed by atoms with Gasteiger partial charge in [-0.3, -0.25) is 4.98 Å². The molecule has 0 aliphatic carbocycles. The molecule has 1 aromatic heterocycles. The molecule has 1 N–H and O–H groups in total. The largest absolute Gasteiger partial charge is 0.334 e. The first-order valence-corrected chi connectivity index (χ1v) is 7.02. The van der Waals surface area contributed by atoms with E-state index in [1.807, 2.05) is 30.2 Å². The van der Waals surface area contributed by atoms with Crippen LogP contribution in [0.2, 0.25) is 0 Å². The van der Waals surface area contributed by atoms with E-state index in [0.717, 1.165) is 36.6 Å². The van der Waals surface area contributed by atoms with Crippen LogP contribution in [0.5, 0.6) is 0 Å². The van der Waals surface area contributed by atoms with Crippen molar-refractivity contribution in [2.24, 2.45) is 5.92 Å². The predicted octanol–water partition coefficient (Wildman–Crippen LogP) is 2.72. The number of carbonyl (C=O) groups excluding carboxylic acids is 1. The second kappa shape index (κ2) is 6.04. The molecule has 19 heavy (non-hydrogen) atoms. The monoisotopic (exact) mass is 261 g/mol. The molecule has 1 fully saturated rings. The number of nitrogens with zero attached hydrogens (tertiary/aromatic N) is 2. The smallest absolute Gasteiger partial charge is 0.317 e. The summed E-state index contributed by atoms with van der Waals surface area (Å²) in [5.41, 5.74) is 2.03. The zero-order valence-electron chi connectivity index (χ0n) is 12.0. The Hall–Kier alpha value is -1.58. The molecule has 1 aliphatic heterocycles. The van der Waals surface area contributed by atoms with Gasteiger partial charge in [0.1, 0.15) is 0 Å². The van der Waals surface area contributed by atoms with Crippen LogP contribution in [0.25, 0.3) is 0 Å². The summed E-state index contributed by atoms with van der Waals surface area (Å²) in [6, 6.07) is 4.34. The van der Waals surface area contributed by atoms with Gasteiger partial charge in [-0.1, -0.05) is 13.0 Å². The number of amides is 2. The van der Waals surface area contributed by atoms with Crippen LogP contribution in [0, 0.1) is 12.8 Å². The summed E-state index contributed by atoms with van der Waals surface area (Å²) in [7, 11) is 0. The van der Waals surface area contributed by atoms with Crippen molar-refractivity contribution >= 4 is 6.03 Å². The molecular weight excluding hydrogens is 238 g/mol. The topological polar surface area (TPSA) is 45.2 Å². The van der Waals surface area contributed by atoms with E-state index in [2.05, 4.69) is 24.1 Å². The summed E-state index contributed by atoms with van der Waals surface area (Å²) in [5.74, 6) is 0.723. The number of carbonyl (C=O) groups is 1. The zero-order chi connectivity index (χ0) is 13.8. The summed E-state index contributed by atoms with van der Waals surface area (Å²) < 4.78 is 0. The average molecular weight is 261 g/mol. The Bertz CT molecular complexity index is 430. The van der Waals surface area contributed by atoms with Crippen molar-refractivity contribution in [2.45, 2.75) is 46.2 Å². The first kappa shape index (κ1) is 13.8. The van der Waals surface area contributed by atoms with E-state index in [1.165, 1.54) is 0 Å². The normalized spacial score (nSPS) is 23.2. The molecule has 0 bridgehead atoms. The molecule has 1 aromatic rings. The number of hydrogen-bond acceptors (Lipinski definition) is 2. The van der Waals surface area contributed by atoms with Crippen LogP contribution in [-0.2, 0) is 6.54 Å². The van der Waals surface area contributed by atoms with Crippen molar-refractivity contribution in [3.05, 3.63) is 29.6 Å². The number of aryl methyl sites for hydroxylation is 1. The van der Waals surface area contributed by atoms with E-state index in [-0.39, 0.29) is 6.03 Å². The number of likely N-dealkylation sites (tertiary alicyclic amines) is 1. The van der Waals surface area contributed by atoms with Gasteiger partial charge < -0.3 is 10.2 Å². The van der Waals surface area contributed by atoms with Crippen molar-refractivity contribution in [2.75, 3.05) is 6.54 Å². The molecule has 2 rings (SSSR count). The number of piperidine rings is 1. The van der Waals surface area contributed by atoms with Crippen molar-refractivity contribution in [3.63, 3.8) is 0 Å². The van der Waals surface area contributed by atoms with Gasteiger partial charge in [-0.15, -0.1) is 0 Å². The molecule has 2 atom stereocenters. The van der Waals surface area contributed by atoms with E-state index in [1.54, 1.807) is 0 Å². The molecule has 1 aliphatic rings. The Morgan fingerprint density at radius 1 is 1.47 bits per heavy atom. The van der Waals surface area contributed by atoms with Crippen LogP contribution in [0.1, 0.15) is 37.9 Å². The highest BCUT2D eigenvalue weighted by Gasteiger charge is 2.26. The summed E-state index contributed by atoms with van der Waals surface area (Å²) in [6.07, 6.45) is 4.01. The highest BCUT2D eigenvalue weighted by atomic mass is 16.2. The highest BCUT2D eigenvalue weighted by molar-refractivity contribution is 5.74. The standard InChI is InChI=1S/C15H23N3O/c1-11-6-7-18(13(3)8-11)15(19)17-10-14-5-4-12(2)16-9-14/h4-5,9,11,13H,6-8,10H2,1-3H3,(H,17,19). The van der Waals surface area contributed by atoms with E-state index in [0.29, 0.717) is 12.6 Å². The fraction of sp³-hybridized carbons (Fsp3) is 0.600. The van der Waals surface area contributed by atoms with Crippen molar-refractivity contribution in [1.82, 2.24) is 15.2 Å². The lowest BCUT2D eigenvalue weighted by molar-refractivity contribution is 0.139. The lowest BCUT2D eigenvalue weighted by Gasteiger charge is -2.36. The number of rotatable bonds is 2. The number of pyridine rings is 1. The van der Waals surface area contributed by atoms with E-state index < -0.39 is 0 Å². The molecule has 2 amide bonds. The number of urea groups is 1. The molecule has 0 radical (unpaired) electrons. The first-order chi connectivity index (χ1) is 9.06. The molecule has 4 nitrogen and oxygen atoms in total. The fourth-order valence-corrected chi connectivity index (χ4v) is 2.59. The first-order valence-electron chi connectivity index (χ1n) is 7.02. The second-order valence-corrected chi connectivity index (χ2v) is 5.64. The van der Waals surface area contributed by atoms with E-state index >= 15 is 0 Å². The van der Waals surface area contributed by atoms with Gasteiger partial charge in [-0.05, 0) is 44.2 Å². The molecule has 1 saturated heterocycles. The summed E-state index contributed by atoms with van der Waals surface area (Å²) in [4.78, 5) is 18.3. The van der Waals surface area contributed by atoms with Gasteiger partial charge in [0.15, 0.2) is 0 Å². The minimum atomic E-state index is 0.0416. The van der Waals surface area contributed by atoms with Crippen molar-refractivity contribution < 1.29 is 4.79 Å². The quantitative estimate of drug-likeness (QED) is 0.889. The molecule has 0 saturated carbocycles. The number of nitrogens with one attached hydrogen (secondary N) is 1. The summed E-state index contributed by atoms with van der Waals surface area (Å²) in [6.45, 7) is 7.75. The Kier molecular flexibility index (Phi) is 4.40. The van der Waals surface area contributed by atoms with E-state index in [9.17, 15) is 4.79 Å². The third kappa shape index (κ3) is 3.69. The van der Waals surface area contributed by atoms with Gasteiger partial charge >= 0.3 is 6.03 Å². The SMILES string of the molecule is Cc1ccc(CNC(=O)N2CCC(C)CC2C)cn1. The zero-order valence-corrected chi connectivity index (χ0v) is 12.0. The average Bonchev–Trinajstić information content (AvgIpc) is 2.37. The maximum absolute atomic E-state index is 12.1. The van der Waals surface area contributed by atoms with Crippen LogP contribution in [0.3, 0.4) is 0 Å². The van der Waals surface area contributed by atoms with Crippen LogP contribution >= 0.6 is 0 Å². The maximum Gasteiger partial charge on any atom is 0.317 e. The van der Waals surface area contributed by atoms with Gasteiger partial charge in [0.25, 0.3) is 0 Å². The molecular formula is C15H23N3O. The lowest BCUT2D eigenvalue weighted by atomic mass is 9.94. The molecule has 0 aromatic carbocycles. The van der Waals surface area contributed by atoms with Crippen LogP contribution in [0.4, 0.5) is 4.79 Å². The summed E-state index contributed by atoms with van der Waals surface area (Å²) in [5, 5.41) is 2.98. The molecule has 4 heteroatoms. The van der Waals surface area contributed by atoms with Gasteiger partial charge in [-0.25, -0.2) is 4.79 Å². The predicted molar refractivity (Wildman–Crippen MR) is 75.8 cm³/mol.